The Morgan fingerprint density at radius 1 is 0.309 bits per heavy atom. The molecule has 6 heteroatoms. The molecule has 0 aromatic rings. The molecule has 0 aliphatic carbocycles. The Hall–Kier alpha value is -3.41. The molecular formula is C62H106O6. The number of unbranched alkanes of at least 4 members (excludes halogenated alkanes) is 26. The van der Waals surface area contributed by atoms with Crippen LogP contribution in [0.25, 0.3) is 0 Å². The van der Waals surface area contributed by atoms with Crippen molar-refractivity contribution in [2.45, 2.75) is 277 Å². The van der Waals surface area contributed by atoms with Crippen LogP contribution in [0, 0.1) is 0 Å². The Bertz CT molecular complexity index is 1320. The molecule has 0 saturated carbocycles. The van der Waals surface area contributed by atoms with E-state index in [1.807, 2.05) is 0 Å². The van der Waals surface area contributed by atoms with Gasteiger partial charge in [0.1, 0.15) is 13.2 Å². The second-order valence-electron chi connectivity index (χ2n) is 18.8. The van der Waals surface area contributed by atoms with Crippen LogP contribution in [-0.2, 0) is 28.6 Å². The van der Waals surface area contributed by atoms with E-state index in [1.165, 1.54) is 122 Å². The third kappa shape index (κ3) is 53.5. The average Bonchev–Trinajstić information content (AvgIpc) is 3.34. The smallest absolute Gasteiger partial charge is 0.306 e. The van der Waals surface area contributed by atoms with E-state index in [9.17, 15) is 14.4 Å². The molecule has 0 aliphatic heterocycles. The second-order valence-corrected chi connectivity index (χ2v) is 18.8. The van der Waals surface area contributed by atoms with Gasteiger partial charge in [0.15, 0.2) is 6.10 Å². The Balaban J connectivity index is 4.09. The van der Waals surface area contributed by atoms with Crippen LogP contribution in [0.4, 0.5) is 0 Å². The van der Waals surface area contributed by atoms with E-state index in [4.69, 9.17) is 14.2 Å². The van der Waals surface area contributed by atoms with Gasteiger partial charge in [0.2, 0.25) is 0 Å². The van der Waals surface area contributed by atoms with Crippen LogP contribution in [-0.4, -0.2) is 37.2 Å². The number of hydrogen-bond donors (Lipinski definition) is 0. The van der Waals surface area contributed by atoms with Crippen molar-refractivity contribution in [3.63, 3.8) is 0 Å². The van der Waals surface area contributed by atoms with E-state index in [1.54, 1.807) is 0 Å². The van der Waals surface area contributed by atoms with Crippen LogP contribution in [0.2, 0.25) is 0 Å². The van der Waals surface area contributed by atoms with E-state index in [2.05, 4.69) is 106 Å². The highest BCUT2D eigenvalue weighted by atomic mass is 16.6. The standard InChI is InChI=1S/C62H106O6/c1-4-7-10-13-15-17-19-21-23-25-27-28-29-30-31-32-33-34-35-37-38-40-42-44-46-49-52-55-61(64)67-58-59(57-66-60(63)54-51-48-12-9-6-3)68-62(65)56-53-50-47-45-43-41-39-36-26-24-22-20-18-16-14-11-8-5-2/h7,10,15,17-18,20-21,23-24,26-28,30-31,59H,4-6,8-9,11-14,16,19,22,25,29,32-58H2,1-3H3/b10-7-,17-15-,20-18-,23-21-,26-24-,28-27-,31-30-. The van der Waals surface area contributed by atoms with E-state index in [-0.39, 0.29) is 31.1 Å². The van der Waals surface area contributed by atoms with Gasteiger partial charge in [-0.1, -0.05) is 241 Å². The van der Waals surface area contributed by atoms with Crippen LogP contribution in [0.5, 0.6) is 0 Å². The highest BCUT2D eigenvalue weighted by Gasteiger charge is 2.19. The highest BCUT2D eigenvalue weighted by molar-refractivity contribution is 5.71. The predicted molar refractivity (Wildman–Crippen MR) is 293 cm³/mol. The molecule has 6 nitrogen and oxygen atoms in total. The van der Waals surface area contributed by atoms with Gasteiger partial charge >= 0.3 is 17.9 Å². The van der Waals surface area contributed by atoms with Gasteiger partial charge in [-0.15, -0.1) is 0 Å². The van der Waals surface area contributed by atoms with Crippen LogP contribution >= 0.6 is 0 Å². The van der Waals surface area contributed by atoms with Crippen molar-refractivity contribution in [1.29, 1.82) is 0 Å². The summed E-state index contributed by atoms with van der Waals surface area (Å²) in [5.41, 5.74) is 0. The number of esters is 3. The zero-order valence-corrected chi connectivity index (χ0v) is 44.6. The van der Waals surface area contributed by atoms with Crippen molar-refractivity contribution in [2.75, 3.05) is 13.2 Å². The number of carbonyl (C=O) groups excluding carboxylic acids is 3. The summed E-state index contributed by atoms with van der Waals surface area (Å²) in [7, 11) is 0. The normalized spacial score (nSPS) is 12.7. The van der Waals surface area contributed by atoms with Gasteiger partial charge < -0.3 is 14.2 Å². The van der Waals surface area contributed by atoms with Gasteiger partial charge in [0.05, 0.1) is 0 Å². The first kappa shape index (κ1) is 64.6. The molecule has 0 radical (unpaired) electrons. The van der Waals surface area contributed by atoms with Crippen molar-refractivity contribution >= 4 is 17.9 Å². The fourth-order valence-electron chi connectivity index (χ4n) is 7.85. The zero-order chi connectivity index (χ0) is 49.3. The molecule has 0 aliphatic rings. The molecule has 0 aromatic carbocycles. The van der Waals surface area contributed by atoms with Gasteiger partial charge in [-0.05, 0) is 96.3 Å². The van der Waals surface area contributed by atoms with E-state index < -0.39 is 6.10 Å². The largest absolute Gasteiger partial charge is 0.462 e. The first-order valence-corrected chi connectivity index (χ1v) is 28.6. The minimum absolute atomic E-state index is 0.0804. The molecule has 0 saturated heterocycles. The summed E-state index contributed by atoms with van der Waals surface area (Å²) in [5.74, 6) is -0.901. The number of hydrogen-bond acceptors (Lipinski definition) is 6. The first-order chi connectivity index (χ1) is 33.5. The van der Waals surface area contributed by atoms with E-state index in [0.717, 1.165) is 109 Å². The van der Waals surface area contributed by atoms with Crippen molar-refractivity contribution in [2.24, 2.45) is 0 Å². The third-order valence-corrected chi connectivity index (χ3v) is 12.1. The fraction of sp³-hybridized carbons (Fsp3) is 0.726. The van der Waals surface area contributed by atoms with Gasteiger partial charge in [-0.2, -0.15) is 0 Å². The van der Waals surface area contributed by atoms with Crippen molar-refractivity contribution < 1.29 is 28.6 Å². The lowest BCUT2D eigenvalue weighted by Gasteiger charge is -2.18. The minimum Gasteiger partial charge on any atom is -0.462 e. The number of ether oxygens (including phenoxy) is 3. The van der Waals surface area contributed by atoms with Gasteiger partial charge in [0.25, 0.3) is 0 Å². The predicted octanol–water partition coefficient (Wildman–Crippen LogP) is 19.2. The SMILES string of the molecule is CC/C=C\C/C=C\C/C=C\C/C=C\C/C=C\CCCCCCCCCCCCCC(=O)OCC(COC(=O)CCCCCCC)OC(=O)CCCCCCCCC/C=C\C/C=C\CCCCCC. The molecular weight excluding hydrogens is 841 g/mol. The molecule has 1 atom stereocenters. The summed E-state index contributed by atoms with van der Waals surface area (Å²) in [4.78, 5) is 37.8. The molecule has 0 spiro atoms. The van der Waals surface area contributed by atoms with Crippen LogP contribution < -0.4 is 0 Å². The van der Waals surface area contributed by atoms with Crippen molar-refractivity contribution in [3.05, 3.63) is 85.1 Å². The summed E-state index contributed by atoms with van der Waals surface area (Å²) in [6.45, 7) is 6.43. The monoisotopic (exact) mass is 947 g/mol. The number of allylic oxidation sites excluding steroid dienone is 14. The summed E-state index contributed by atoms with van der Waals surface area (Å²) >= 11 is 0. The lowest BCUT2D eigenvalue weighted by atomic mass is 10.0. The van der Waals surface area contributed by atoms with Crippen LogP contribution in [0.3, 0.4) is 0 Å². The fourth-order valence-corrected chi connectivity index (χ4v) is 7.85. The Kier molecular flexibility index (Phi) is 53.4. The molecule has 0 fully saturated rings. The van der Waals surface area contributed by atoms with Gasteiger partial charge in [0, 0.05) is 19.3 Å². The lowest BCUT2D eigenvalue weighted by molar-refractivity contribution is -0.167. The van der Waals surface area contributed by atoms with E-state index >= 15 is 0 Å². The molecule has 0 heterocycles. The molecule has 68 heavy (non-hydrogen) atoms. The van der Waals surface area contributed by atoms with E-state index in [0.29, 0.717) is 19.3 Å². The van der Waals surface area contributed by atoms with Crippen molar-refractivity contribution in [1.82, 2.24) is 0 Å². The summed E-state index contributed by atoms with van der Waals surface area (Å²) in [5, 5.41) is 0. The zero-order valence-electron chi connectivity index (χ0n) is 44.6. The molecule has 1 unspecified atom stereocenters. The minimum atomic E-state index is -0.778. The summed E-state index contributed by atoms with van der Waals surface area (Å²) in [6, 6.07) is 0. The van der Waals surface area contributed by atoms with Gasteiger partial charge in [-0.25, -0.2) is 0 Å². The molecule has 0 N–H and O–H groups in total. The molecule has 0 rings (SSSR count). The van der Waals surface area contributed by atoms with Crippen LogP contribution in [0.15, 0.2) is 85.1 Å². The first-order valence-electron chi connectivity index (χ1n) is 28.6. The topological polar surface area (TPSA) is 78.9 Å². The molecule has 0 aromatic heterocycles. The summed E-state index contributed by atoms with van der Waals surface area (Å²) in [6.07, 6.45) is 73.3. The Morgan fingerprint density at radius 3 is 0.912 bits per heavy atom. The average molecular weight is 948 g/mol. The maximum atomic E-state index is 12.8. The molecule has 0 amide bonds. The maximum absolute atomic E-state index is 12.8. The maximum Gasteiger partial charge on any atom is 0.306 e. The molecule has 390 valence electrons. The Labute approximate surface area is 420 Å². The summed E-state index contributed by atoms with van der Waals surface area (Å²) < 4.78 is 16.7. The van der Waals surface area contributed by atoms with Crippen LogP contribution in [0.1, 0.15) is 271 Å². The Morgan fingerprint density at radius 2 is 0.574 bits per heavy atom. The van der Waals surface area contributed by atoms with Gasteiger partial charge in [-0.3, -0.25) is 14.4 Å². The number of rotatable bonds is 51. The van der Waals surface area contributed by atoms with Crippen molar-refractivity contribution in [3.8, 4) is 0 Å². The second kappa shape index (κ2) is 56.2. The number of carbonyl (C=O) groups is 3. The quantitative estimate of drug-likeness (QED) is 0.0262. The lowest BCUT2D eigenvalue weighted by Crippen LogP contribution is -2.30. The third-order valence-electron chi connectivity index (χ3n) is 12.1. The highest BCUT2D eigenvalue weighted by Crippen LogP contribution is 2.15. The molecule has 0 bridgehead atoms.